The van der Waals surface area contributed by atoms with E-state index < -0.39 is 15.3 Å². The highest BCUT2D eigenvalue weighted by molar-refractivity contribution is 7.89. The third-order valence-corrected chi connectivity index (χ3v) is 10.2. The lowest BCUT2D eigenvalue weighted by atomic mass is 9.79. The Kier molecular flexibility index (Phi) is 5.04. The smallest absolute Gasteiger partial charge is 0.254 e. The summed E-state index contributed by atoms with van der Waals surface area (Å²) < 4.78 is 26.7. The summed E-state index contributed by atoms with van der Waals surface area (Å²) in [5, 5.41) is -0.514. The highest BCUT2D eigenvalue weighted by Crippen LogP contribution is 2.66. The van der Waals surface area contributed by atoms with Crippen molar-refractivity contribution in [2.24, 2.45) is 11.3 Å². The fourth-order valence-corrected chi connectivity index (χ4v) is 6.91. The monoisotopic (exact) mass is 448 g/mol. The van der Waals surface area contributed by atoms with Crippen LogP contribution >= 0.6 is 0 Å². The number of nitrogens with zero attached hydrogens (tertiary/aromatic N) is 3. The summed E-state index contributed by atoms with van der Waals surface area (Å²) in [6, 6.07) is -0.228. The molecule has 2 aliphatic carbocycles. The number of rotatable bonds is 4. The minimum atomic E-state index is -3.41. The van der Waals surface area contributed by atoms with Crippen molar-refractivity contribution >= 4 is 15.9 Å². The number of fused-ring (bicyclic) bond motifs is 1. The molecule has 0 aromatic carbocycles. The first kappa shape index (κ1) is 21.1. The summed E-state index contributed by atoms with van der Waals surface area (Å²) in [4.78, 5) is 35.8. The van der Waals surface area contributed by atoms with Crippen LogP contribution in [0.3, 0.4) is 0 Å². The second kappa shape index (κ2) is 7.40. The van der Waals surface area contributed by atoms with Crippen LogP contribution in [0.2, 0.25) is 0 Å². The van der Waals surface area contributed by atoms with Crippen LogP contribution in [0, 0.1) is 11.3 Å². The van der Waals surface area contributed by atoms with Crippen LogP contribution in [-0.4, -0.2) is 51.8 Å². The number of carbonyl (C=O) groups is 1. The average Bonchev–Trinajstić information content (AvgIpc) is 3.49. The Hall–Kier alpha value is -1.74. The van der Waals surface area contributed by atoms with Crippen molar-refractivity contribution in [1.82, 2.24) is 19.2 Å². The topological polar surface area (TPSA) is 103 Å². The van der Waals surface area contributed by atoms with E-state index in [9.17, 15) is 18.0 Å². The Morgan fingerprint density at radius 2 is 1.97 bits per heavy atom. The van der Waals surface area contributed by atoms with Crippen molar-refractivity contribution in [1.29, 1.82) is 0 Å². The molecular formula is C22H32N4O4S. The number of H-pyrrole nitrogens is 1. The van der Waals surface area contributed by atoms with Crippen LogP contribution in [-0.2, 0) is 27.8 Å². The largest absolute Gasteiger partial charge is 0.332 e. The van der Waals surface area contributed by atoms with Crippen LogP contribution in [0.25, 0.3) is 0 Å². The van der Waals surface area contributed by atoms with E-state index in [1.165, 1.54) is 10.7 Å². The molecule has 9 heteroatoms. The lowest BCUT2D eigenvalue weighted by Gasteiger charge is -2.37. The van der Waals surface area contributed by atoms with Crippen LogP contribution in [0.5, 0.6) is 0 Å². The summed E-state index contributed by atoms with van der Waals surface area (Å²) in [5.41, 5.74) is 1.18. The van der Waals surface area contributed by atoms with Gasteiger partial charge in [0.05, 0.1) is 23.5 Å². The van der Waals surface area contributed by atoms with Crippen molar-refractivity contribution in [2.75, 3.05) is 13.1 Å². The van der Waals surface area contributed by atoms with Crippen LogP contribution in [0.1, 0.15) is 81.9 Å². The molecule has 3 heterocycles. The first-order valence-corrected chi connectivity index (χ1v) is 13.1. The van der Waals surface area contributed by atoms with Gasteiger partial charge in [-0.15, -0.1) is 0 Å². The van der Waals surface area contributed by atoms with E-state index in [0.29, 0.717) is 36.6 Å². The quantitative estimate of drug-likeness (QED) is 0.760. The maximum Gasteiger partial charge on any atom is 0.254 e. The maximum atomic E-state index is 13.3. The maximum absolute atomic E-state index is 13.3. The number of hydrogen-bond acceptors (Lipinski definition) is 5. The molecule has 170 valence electrons. The molecule has 0 unspecified atom stereocenters. The number of amides is 1. The van der Waals surface area contributed by atoms with E-state index >= 15 is 0 Å². The molecule has 2 aliphatic heterocycles. The van der Waals surface area contributed by atoms with Crippen LogP contribution < -0.4 is 5.56 Å². The Morgan fingerprint density at radius 1 is 1.19 bits per heavy atom. The molecule has 0 radical (unpaired) electrons. The molecule has 8 nitrogen and oxygen atoms in total. The molecule has 5 rings (SSSR count). The van der Waals surface area contributed by atoms with Gasteiger partial charge in [-0.3, -0.25) is 9.59 Å². The number of likely N-dealkylation sites (tertiary alicyclic amines) is 1. The number of hydrogen-bond donors (Lipinski definition) is 1. The second-order valence-corrected chi connectivity index (χ2v) is 12.6. The highest BCUT2D eigenvalue weighted by atomic mass is 32.2. The zero-order valence-corrected chi connectivity index (χ0v) is 19.2. The SMILES string of the molecule is CC(C)S(=O)(=O)N1CCc2c(nc([C@@H]3CCCCN3C(=O)[C@@H]3CC34CCC4)[nH]c2=O)C1. The van der Waals surface area contributed by atoms with E-state index in [4.69, 9.17) is 4.98 Å². The lowest BCUT2D eigenvalue weighted by molar-refractivity contribution is -0.138. The van der Waals surface area contributed by atoms with Crippen molar-refractivity contribution in [3.05, 3.63) is 27.4 Å². The van der Waals surface area contributed by atoms with Gasteiger partial charge in [0.15, 0.2) is 0 Å². The second-order valence-electron chi connectivity index (χ2n) is 10.1. The molecule has 1 amide bonds. The Bertz CT molecular complexity index is 1060. The fourth-order valence-electron chi connectivity index (χ4n) is 5.67. The van der Waals surface area contributed by atoms with E-state index in [2.05, 4.69) is 4.98 Å². The highest BCUT2D eigenvalue weighted by Gasteiger charge is 2.62. The molecule has 1 aromatic rings. The first-order valence-electron chi connectivity index (χ1n) is 11.6. The van der Waals surface area contributed by atoms with Gasteiger partial charge in [0.25, 0.3) is 5.56 Å². The lowest BCUT2D eigenvalue weighted by Crippen LogP contribution is -2.44. The zero-order chi connectivity index (χ0) is 22.0. The third kappa shape index (κ3) is 3.44. The Balaban J connectivity index is 1.43. The summed E-state index contributed by atoms with van der Waals surface area (Å²) in [5.74, 6) is 0.871. The first-order chi connectivity index (χ1) is 14.7. The third-order valence-electron chi connectivity index (χ3n) is 7.95. The van der Waals surface area contributed by atoms with Gasteiger partial charge in [0, 0.05) is 24.6 Å². The molecule has 1 aromatic heterocycles. The predicted molar refractivity (Wildman–Crippen MR) is 116 cm³/mol. The molecule has 0 bridgehead atoms. The minimum Gasteiger partial charge on any atom is -0.332 e. The molecular weight excluding hydrogens is 416 g/mol. The number of aromatic nitrogens is 2. The van der Waals surface area contributed by atoms with Crippen molar-refractivity contribution in [2.45, 2.75) is 83.1 Å². The molecule has 3 fully saturated rings. The van der Waals surface area contributed by atoms with Gasteiger partial charge in [-0.2, -0.15) is 4.31 Å². The van der Waals surface area contributed by atoms with E-state index in [1.54, 1.807) is 13.8 Å². The Morgan fingerprint density at radius 3 is 2.61 bits per heavy atom. The van der Waals surface area contributed by atoms with Gasteiger partial charge in [0.2, 0.25) is 15.9 Å². The normalized spacial score (nSPS) is 27.8. The summed E-state index contributed by atoms with van der Waals surface area (Å²) in [6.07, 6.45) is 7.65. The van der Waals surface area contributed by atoms with E-state index in [1.807, 2.05) is 4.90 Å². The molecule has 4 aliphatic rings. The van der Waals surface area contributed by atoms with Gasteiger partial charge < -0.3 is 9.88 Å². The van der Waals surface area contributed by atoms with E-state index in [-0.39, 0.29) is 35.4 Å². The number of carbonyl (C=O) groups excluding carboxylic acids is 1. The number of sulfonamides is 1. The number of aromatic amines is 1. The Labute approximate surface area is 183 Å². The zero-order valence-electron chi connectivity index (χ0n) is 18.4. The molecule has 2 saturated carbocycles. The van der Waals surface area contributed by atoms with Crippen molar-refractivity contribution in [3.8, 4) is 0 Å². The van der Waals surface area contributed by atoms with Gasteiger partial charge in [-0.05, 0) is 64.2 Å². The summed E-state index contributed by atoms with van der Waals surface area (Å²) in [7, 11) is -3.41. The summed E-state index contributed by atoms with van der Waals surface area (Å²) >= 11 is 0. The molecule has 1 N–H and O–H groups in total. The molecule has 2 atom stereocenters. The average molecular weight is 449 g/mol. The fraction of sp³-hybridized carbons (Fsp3) is 0.773. The van der Waals surface area contributed by atoms with Gasteiger partial charge in [-0.1, -0.05) is 6.42 Å². The van der Waals surface area contributed by atoms with E-state index in [0.717, 1.165) is 38.5 Å². The molecule has 31 heavy (non-hydrogen) atoms. The van der Waals surface area contributed by atoms with Gasteiger partial charge >= 0.3 is 0 Å². The molecule has 1 spiro atoms. The van der Waals surface area contributed by atoms with Crippen LogP contribution in [0.4, 0.5) is 0 Å². The van der Waals surface area contributed by atoms with Crippen molar-refractivity contribution in [3.63, 3.8) is 0 Å². The molecule has 1 saturated heterocycles. The standard InChI is InChI=1S/C22H32N4O4S/c1-14(2)31(29,30)25-11-7-15-17(13-25)23-19(24-20(15)27)18-6-3-4-10-26(18)21(28)16-12-22(16)8-5-9-22/h14,16,18H,3-13H2,1-2H3,(H,23,24,27)/t16-,18-/m0/s1. The van der Waals surface area contributed by atoms with Crippen LogP contribution in [0.15, 0.2) is 4.79 Å². The summed E-state index contributed by atoms with van der Waals surface area (Å²) in [6.45, 7) is 4.46. The van der Waals surface area contributed by atoms with Gasteiger partial charge in [0.1, 0.15) is 5.82 Å². The number of piperidine rings is 1. The van der Waals surface area contributed by atoms with Gasteiger partial charge in [-0.25, -0.2) is 13.4 Å². The predicted octanol–water partition coefficient (Wildman–Crippen LogP) is 2.11. The minimum absolute atomic E-state index is 0.124. The van der Waals surface area contributed by atoms with Crippen molar-refractivity contribution < 1.29 is 13.2 Å². The number of nitrogens with one attached hydrogen (secondary N) is 1.